The summed E-state index contributed by atoms with van der Waals surface area (Å²) in [5.41, 5.74) is 5.55. The van der Waals surface area contributed by atoms with Crippen molar-refractivity contribution in [3.05, 3.63) is 94.0 Å². The van der Waals surface area contributed by atoms with Gasteiger partial charge in [-0.1, -0.05) is 51.1 Å². The number of carbonyl (C=O) groups is 2. The minimum atomic E-state index is -0.380. The van der Waals surface area contributed by atoms with Crippen LogP contribution in [0.15, 0.2) is 66.0 Å². The number of rotatable bonds is 5. The molecular weight excluding hydrogens is 458 g/mol. The lowest BCUT2D eigenvalue weighted by Gasteiger charge is -2.27. The van der Waals surface area contributed by atoms with E-state index in [0.717, 1.165) is 21.7 Å². The van der Waals surface area contributed by atoms with Gasteiger partial charge < -0.3 is 4.74 Å². The number of hydrogen-bond acceptors (Lipinski definition) is 5. The van der Waals surface area contributed by atoms with E-state index in [1.807, 2.05) is 17.5 Å². The molecule has 1 N–H and O–H groups in total. The van der Waals surface area contributed by atoms with Gasteiger partial charge in [0, 0.05) is 11.3 Å². The van der Waals surface area contributed by atoms with Gasteiger partial charge >= 0.3 is 5.97 Å². The first-order valence-corrected chi connectivity index (χ1v) is 12.5. The van der Waals surface area contributed by atoms with E-state index in [1.165, 1.54) is 5.56 Å². The van der Waals surface area contributed by atoms with E-state index >= 15 is 0 Å². The predicted octanol–water partition coefficient (Wildman–Crippen LogP) is 6.36. The summed E-state index contributed by atoms with van der Waals surface area (Å²) < 4.78 is 5.11. The average Bonchev–Trinajstić information content (AvgIpc) is 3.57. The molecule has 1 amide bonds. The Morgan fingerprint density at radius 1 is 1.09 bits per heavy atom. The molecule has 0 bridgehead atoms. The summed E-state index contributed by atoms with van der Waals surface area (Å²) in [6.07, 6.45) is 0. The number of esters is 1. The number of H-pyrrole nitrogens is 1. The normalized spacial score (nSPS) is 15.4. The van der Waals surface area contributed by atoms with Crippen LogP contribution in [0.4, 0.5) is 5.69 Å². The van der Waals surface area contributed by atoms with Crippen LogP contribution in [0.5, 0.6) is 0 Å². The lowest BCUT2D eigenvalue weighted by Crippen LogP contribution is -2.29. The summed E-state index contributed by atoms with van der Waals surface area (Å²) in [5, 5.41) is 9.55. The Kier molecular flexibility index (Phi) is 5.81. The lowest BCUT2D eigenvalue weighted by molar-refractivity contribution is 0.0526. The second-order valence-electron chi connectivity index (χ2n) is 9.56. The summed E-state index contributed by atoms with van der Waals surface area (Å²) in [7, 11) is 0. The molecule has 0 spiro atoms. The molecule has 0 saturated carbocycles. The number of hydrogen-bond donors (Lipinski definition) is 1. The number of carbonyl (C=O) groups excluding carboxylic acids is 2. The zero-order valence-electron chi connectivity index (χ0n) is 20.2. The summed E-state index contributed by atoms with van der Waals surface area (Å²) in [6, 6.07) is 19.1. The van der Waals surface area contributed by atoms with Crippen LogP contribution < -0.4 is 4.90 Å². The van der Waals surface area contributed by atoms with E-state index in [2.05, 4.69) is 55.2 Å². The van der Waals surface area contributed by atoms with Crippen molar-refractivity contribution in [3.63, 3.8) is 0 Å². The smallest absolute Gasteiger partial charge is 0.338 e. The van der Waals surface area contributed by atoms with Crippen LogP contribution in [0.25, 0.3) is 10.6 Å². The second-order valence-corrected chi connectivity index (χ2v) is 10.5. The van der Waals surface area contributed by atoms with Crippen LogP contribution in [-0.4, -0.2) is 28.7 Å². The number of anilines is 1. The Bertz CT molecular complexity index is 1360. The molecular formula is C28H27N3O3S. The lowest BCUT2D eigenvalue weighted by atomic mass is 9.85. The van der Waals surface area contributed by atoms with Gasteiger partial charge in [-0.2, -0.15) is 5.10 Å². The highest BCUT2D eigenvalue weighted by Crippen LogP contribution is 2.46. The third kappa shape index (κ3) is 4.06. The topological polar surface area (TPSA) is 75.3 Å². The number of nitrogens with one attached hydrogen (secondary N) is 1. The molecule has 0 saturated heterocycles. The van der Waals surface area contributed by atoms with E-state index in [-0.39, 0.29) is 23.3 Å². The Labute approximate surface area is 208 Å². The van der Waals surface area contributed by atoms with E-state index in [1.54, 1.807) is 47.4 Å². The highest BCUT2D eigenvalue weighted by atomic mass is 32.1. The number of benzene rings is 2. The third-order valence-corrected chi connectivity index (χ3v) is 7.16. The fourth-order valence-electron chi connectivity index (χ4n) is 4.47. The molecule has 1 atom stereocenters. The number of amides is 1. The summed E-state index contributed by atoms with van der Waals surface area (Å²) in [5.74, 6) is -0.554. The first-order valence-electron chi connectivity index (χ1n) is 11.6. The number of nitrogens with zero attached hydrogens (tertiary/aromatic N) is 2. The Balaban J connectivity index is 1.62. The molecule has 5 rings (SSSR count). The van der Waals surface area contributed by atoms with Crippen molar-refractivity contribution < 1.29 is 14.3 Å². The number of aromatic amines is 1. The molecule has 178 valence electrons. The highest BCUT2D eigenvalue weighted by Gasteiger charge is 2.43. The first-order chi connectivity index (χ1) is 16.8. The second kappa shape index (κ2) is 8.82. The van der Waals surface area contributed by atoms with E-state index in [0.29, 0.717) is 23.6 Å². The van der Waals surface area contributed by atoms with Crippen LogP contribution >= 0.6 is 11.3 Å². The van der Waals surface area contributed by atoms with E-state index in [9.17, 15) is 9.59 Å². The zero-order chi connectivity index (χ0) is 24.7. The van der Waals surface area contributed by atoms with Gasteiger partial charge in [0.2, 0.25) is 0 Å². The molecule has 0 radical (unpaired) electrons. The average molecular weight is 486 g/mol. The molecule has 1 aliphatic rings. The van der Waals surface area contributed by atoms with Crippen molar-refractivity contribution in [3.8, 4) is 10.6 Å². The van der Waals surface area contributed by atoms with Crippen LogP contribution in [0.2, 0.25) is 0 Å². The van der Waals surface area contributed by atoms with E-state index in [4.69, 9.17) is 4.74 Å². The van der Waals surface area contributed by atoms with E-state index < -0.39 is 0 Å². The minimum Gasteiger partial charge on any atom is -0.462 e. The molecule has 2 aromatic carbocycles. The maximum absolute atomic E-state index is 13.7. The zero-order valence-corrected chi connectivity index (χ0v) is 21.0. The maximum Gasteiger partial charge on any atom is 0.338 e. The quantitative estimate of drug-likeness (QED) is 0.334. The molecule has 7 heteroatoms. The summed E-state index contributed by atoms with van der Waals surface area (Å²) in [4.78, 5) is 28.6. The SMILES string of the molecule is CCOC(=O)c1ccc(N2C(=O)c3n[nH]c(-c4cccs4)c3[C@H]2c2ccc(C(C)(C)C)cc2)cc1. The number of aromatic nitrogens is 2. The predicted molar refractivity (Wildman–Crippen MR) is 138 cm³/mol. The van der Waals surface area contributed by atoms with Gasteiger partial charge in [0.05, 0.1) is 28.8 Å². The molecule has 0 aliphatic carbocycles. The van der Waals surface area contributed by atoms with Crippen molar-refractivity contribution >= 4 is 28.9 Å². The molecule has 2 aromatic heterocycles. The summed E-state index contributed by atoms with van der Waals surface area (Å²) in [6.45, 7) is 8.63. The molecule has 4 aromatic rings. The van der Waals surface area contributed by atoms with Gasteiger partial charge in [0.25, 0.3) is 5.91 Å². The third-order valence-electron chi connectivity index (χ3n) is 6.27. The molecule has 1 aliphatic heterocycles. The minimum absolute atomic E-state index is 0.0234. The van der Waals surface area contributed by atoms with Crippen molar-refractivity contribution in [2.24, 2.45) is 0 Å². The van der Waals surface area contributed by atoms with Gasteiger partial charge in [0.15, 0.2) is 5.69 Å². The highest BCUT2D eigenvalue weighted by molar-refractivity contribution is 7.13. The van der Waals surface area contributed by atoms with Gasteiger partial charge in [0.1, 0.15) is 0 Å². The number of ether oxygens (including phenoxy) is 1. The maximum atomic E-state index is 13.7. The van der Waals surface area contributed by atoms with Crippen molar-refractivity contribution in [2.75, 3.05) is 11.5 Å². The molecule has 0 fully saturated rings. The van der Waals surface area contributed by atoms with Gasteiger partial charge in [-0.15, -0.1) is 11.3 Å². The standard InChI is InChI=1S/C28H27N3O3S/c1-5-34-27(33)18-10-14-20(15-11-18)31-25(17-8-12-19(13-9-17)28(2,3)4)22-23(21-7-6-16-35-21)29-30-24(22)26(31)32/h6-16,25H,5H2,1-4H3,(H,29,30)/t25-/m1/s1. The molecule has 0 unspecified atom stereocenters. The number of fused-ring (bicyclic) bond motifs is 1. The molecule has 6 nitrogen and oxygen atoms in total. The monoisotopic (exact) mass is 485 g/mol. The van der Waals surface area contributed by atoms with Gasteiger partial charge in [-0.3, -0.25) is 14.8 Å². The Hall–Kier alpha value is -3.71. The van der Waals surface area contributed by atoms with Crippen molar-refractivity contribution in [2.45, 2.75) is 39.2 Å². The van der Waals surface area contributed by atoms with Gasteiger partial charge in [-0.05, 0) is 59.2 Å². The molecule has 35 heavy (non-hydrogen) atoms. The number of thiophene rings is 1. The largest absolute Gasteiger partial charge is 0.462 e. The van der Waals surface area contributed by atoms with Gasteiger partial charge in [-0.25, -0.2) is 4.79 Å². The van der Waals surface area contributed by atoms with Crippen molar-refractivity contribution in [1.29, 1.82) is 0 Å². The fourth-order valence-corrected chi connectivity index (χ4v) is 5.20. The van der Waals surface area contributed by atoms with Crippen LogP contribution in [0.3, 0.4) is 0 Å². The van der Waals surface area contributed by atoms with Crippen LogP contribution in [0.1, 0.15) is 71.3 Å². The summed E-state index contributed by atoms with van der Waals surface area (Å²) >= 11 is 1.61. The molecule has 3 heterocycles. The Morgan fingerprint density at radius 2 is 1.80 bits per heavy atom. The fraction of sp³-hybridized carbons (Fsp3) is 0.250. The van der Waals surface area contributed by atoms with Crippen molar-refractivity contribution in [1.82, 2.24) is 10.2 Å². The van der Waals surface area contributed by atoms with Crippen LogP contribution in [0, 0.1) is 0 Å². The first kappa shape index (κ1) is 23.1. The van der Waals surface area contributed by atoms with Crippen LogP contribution in [-0.2, 0) is 10.2 Å². The Morgan fingerprint density at radius 3 is 2.40 bits per heavy atom.